The van der Waals surface area contributed by atoms with Gasteiger partial charge in [0.1, 0.15) is 18.1 Å². The maximum atomic E-state index is 13.4. The Morgan fingerprint density at radius 1 is 1.26 bits per heavy atom. The number of alkyl halides is 1. The highest BCUT2D eigenvalue weighted by Crippen LogP contribution is 2.14. The molecule has 2 amide bonds. The van der Waals surface area contributed by atoms with Crippen LogP contribution in [0.5, 0.6) is 5.88 Å². The van der Waals surface area contributed by atoms with Gasteiger partial charge in [0.2, 0.25) is 11.8 Å². The summed E-state index contributed by atoms with van der Waals surface area (Å²) in [6.45, 7) is 6.14. The van der Waals surface area contributed by atoms with Gasteiger partial charge in [-0.2, -0.15) is 0 Å². The number of anilines is 1. The van der Waals surface area contributed by atoms with E-state index in [2.05, 4.69) is 20.6 Å². The van der Waals surface area contributed by atoms with E-state index >= 15 is 0 Å². The molecule has 0 aliphatic rings. The van der Waals surface area contributed by atoms with Crippen LogP contribution < -0.4 is 15.4 Å². The summed E-state index contributed by atoms with van der Waals surface area (Å²) in [4.78, 5) is 31.8. The van der Waals surface area contributed by atoms with Gasteiger partial charge in [-0.3, -0.25) is 9.59 Å². The molecule has 2 aromatic heterocycles. The number of rotatable bonds is 7. The van der Waals surface area contributed by atoms with Gasteiger partial charge in [0.25, 0.3) is 5.91 Å². The van der Waals surface area contributed by atoms with Gasteiger partial charge in [0.15, 0.2) is 0 Å². The fourth-order valence-corrected chi connectivity index (χ4v) is 2.17. The molecule has 2 N–H and O–H groups in total. The molecule has 7 nitrogen and oxygen atoms in total. The van der Waals surface area contributed by atoms with Gasteiger partial charge in [-0.25, -0.2) is 14.4 Å². The second-order valence-electron chi connectivity index (χ2n) is 6.76. The zero-order valence-electron chi connectivity index (χ0n) is 15.8. The lowest BCUT2D eigenvalue weighted by Gasteiger charge is -2.14. The second-order valence-corrected chi connectivity index (χ2v) is 6.76. The molecule has 0 saturated carbocycles. The summed E-state index contributed by atoms with van der Waals surface area (Å²) >= 11 is 0. The van der Waals surface area contributed by atoms with Crippen molar-refractivity contribution in [1.29, 1.82) is 0 Å². The van der Waals surface area contributed by atoms with Gasteiger partial charge < -0.3 is 15.4 Å². The van der Waals surface area contributed by atoms with Gasteiger partial charge in [0, 0.05) is 37.0 Å². The smallest absolute Gasteiger partial charge is 0.251 e. The Hall–Kier alpha value is -3.03. The number of aryl methyl sites for hydroxylation is 1. The topological polar surface area (TPSA) is 93.2 Å². The molecule has 0 unspecified atom stereocenters. The first-order chi connectivity index (χ1) is 12.6. The van der Waals surface area contributed by atoms with Crippen LogP contribution in [0.25, 0.3) is 0 Å². The van der Waals surface area contributed by atoms with Crippen molar-refractivity contribution in [3.63, 3.8) is 0 Å². The highest BCUT2D eigenvalue weighted by Gasteiger charge is 2.16. The lowest BCUT2D eigenvalue weighted by atomic mass is 10.2. The Morgan fingerprint density at radius 3 is 2.59 bits per heavy atom. The summed E-state index contributed by atoms with van der Waals surface area (Å²) in [5, 5.41) is 5.34. The van der Waals surface area contributed by atoms with Crippen molar-refractivity contribution in [3.05, 3.63) is 47.3 Å². The van der Waals surface area contributed by atoms with Gasteiger partial charge in [-0.1, -0.05) is 6.07 Å². The number of amides is 2. The molecule has 2 aromatic rings. The number of carbonyl (C=O) groups excluding carboxylic acids is 2. The van der Waals surface area contributed by atoms with E-state index in [0.29, 0.717) is 23.0 Å². The third-order valence-corrected chi connectivity index (χ3v) is 3.33. The fraction of sp³-hybridized carbons (Fsp3) is 0.368. The molecule has 0 aliphatic heterocycles. The third-order valence-electron chi connectivity index (χ3n) is 3.33. The number of nitrogens with one attached hydrogen (secondary N) is 2. The molecule has 0 saturated heterocycles. The standard InChI is InChI=1S/C19H23FN4O3/c1-12-7-15(8-16(23-12)24-13(2)25)18(26)22-10-14-5-6-17(21-9-14)27-11-19(3,4)20/h5-9H,10-11H2,1-4H3,(H,22,26)(H,23,24,25). The van der Waals surface area contributed by atoms with E-state index in [-0.39, 0.29) is 25.0 Å². The minimum atomic E-state index is -1.44. The predicted octanol–water partition coefficient (Wildman–Crippen LogP) is 2.80. The van der Waals surface area contributed by atoms with Crippen LogP contribution in [0.2, 0.25) is 0 Å². The van der Waals surface area contributed by atoms with Crippen molar-refractivity contribution < 1.29 is 18.7 Å². The van der Waals surface area contributed by atoms with E-state index < -0.39 is 5.67 Å². The Labute approximate surface area is 157 Å². The normalized spacial score (nSPS) is 11.0. The maximum absolute atomic E-state index is 13.4. The monoisotopic (exact) mass is 374 g/mol. The Morgan fingerprint density at radius 2 is 2.00 bits per heavy atom. The van der Waals surface area contributed by atoms with Crippen LogP contribution >= 0.6 is 0 Å². The maximum Gasteiger partial charge on any atom is 0.251 e. The number of nitrogens with zero attached hydrogens (tertiary/aromatic N) is 2. The minimum Gasteiger partial charge on any atom is -0.474 e. The van der Waals surface area contributed by atoms with Gasteiger partial charge in [0.05, 0.1) is 0 Å². The Bertz CT molecular complexity index is 817. The quantitative estimate of drug-likeness (QED) is 0.777. The van der Waals surface area contributed by atoms with Crippen LogP contribution in [-0.2, 0) is 11.3 Å². The van der Waals surface area contributed by atoms with Crippen molar-refractivity contribution >= 4 is 17.6 Å². The first kappa shape index (κ1) is 20.3. The molecule has 0 aromatic carbocycles. The predicted molar refractivity (Wildman–Crippen MR) is 99.4 cm³/mol. The molecule has 2 rings (SSSR count). The summed E-state index contributed by atoms with van der Waals surface area (Å²) in [6, 6.07) is 6.51. The lowest BCUT2D eigenvalue weighted by Crippen LogP contribution is -2.24. The Kier molecular flexibility index (Phi) is 6.44. The van der Waals surface area contributed by atoms with Gasteiger partial charge >= 0.3 is 0 Å². The Balaban J connectivity index is 1.95. The second kappa shape index (κ2) is 8.57. The molecule has 27 heavy (non-hydrogen) atoms. The summed E-state index contributed by atoms with van der Waals surface area (Å²) in [5.74, 6) is 0.0858. The number of carbonyl (C=O) groups is 2. The van der Waals surface area contributed by atoms with Crippen molar-refractivity contribution in [2.75, 3.05) is 11.9 Å². The number of ether oxygens (including phenoxy) is 1. The van der Waals surface area contributed by atoms with E-state index in [1.165, 1.54) is 26.8 Å². The van der Waals surface area contributed by atoms with Gasteiger partial charge in [-0.05, 0) is 38.5 Å². The third kappa shape index (κ3) is 7.01. The van der Waals surface area contributed by atoms with Crippen molar-refractivity contribution in [1.82, 2.24) is 15.3 Å². The summed E-state index contributed by atoms with van der Waals surface area (Å²) in [5.41, 5.74) is 0.338. The fourth-order valence-electron chi connectivity index (χ4n) is 2.17. The molecule has 144 valence electrons. The molecule has 0 spiro atoms. The van der Waals surface area contributed by atoms with Crippen LogP contribution in [0, 0.1) is 6.92 Å². The average molecular weight is 374 g/mol. The summed E-state index contributed by atoms with van der Waals surface area (Å²) in [7, 11) is 0. The minimum absolute atomic E-state index is 0.0892. The van der Waals surface area contributed by atoms with E-state index in [9.17, 15) is 14.0 Å². The summed E-state index contributed by atoms with van der Waals surface area (Å²) in [6.07, 6.45) is 1.56. The highest BCUT2D eigenvalue weighted by molar-refractivity contribution is 5.96. The molecule has 2 heterocycles. The molecule has 0 fully saturated rings. The first-order valence-corrected chi connectivity index (χ1v) is 8.43. The van der Waals surface area contributed by atoms with E-state index in [0.717, 1.165) is 5.56 Å². The van der Waals surface area contributed by atoms with Crippen LogP contribution in [0.3, 0.4) is 0 Å². The highest BCUT2D eigenvalue weighted by atomic mass is 19.1. The van der Waals surface area contributed by atoms with Crippen LogP contribution in [-0.4, -0.2) is 34.1 Å². The van der Waals surface area contributed by atoms with Crippen LogP contribution in [0.4, 0.5) is 10.2 Å². The van der Waals surface area contributed by atoms with Crippen LogP contribution in [0.15, 0.2) is 30.5 Å². The van der Waals surface area contributed by atoms with E-state index in [1.54, 1.807) is 31.3 Å². The number of aromatic nitrogens is 2. The molecule has 0 aliphatic carbocycles. The van der Waals surface area contributed by atoms with Crippen LogP contribution in [0.1, 0.15) is 42.4 Å². The number of pyridine rings is 2. The first-order valence-electron chi connectivity index (χ1n) is 8.43. The van der Waals surface area contributed by atoms with Crippen molar-refractivity contribution in [3.8, 4) is 5.88 Å². The lowest BCUT2D eigenvalue weighted by molar-refractivity contribution is -0.114. The molecule has 8 heteroatoms. The van der Waals surface area contributed by atoms with E-state index in [4.69, 9.17) is 4.74 Å². The molecular weight excluding hydrogens is 351 g/mol. The van der Waals surface area contributed by atoms with Gasteiger partial charge in [-0.15, -0.1) is 0 Å². The molecule has 0 radical (unpaired) electrons. The van der Waals surface area contributed by atoms with Crippen molar-refractivity contribution in [2.45, 2.75) is 39.9 Å². The molecular formula is C19H23FN4O3. The zero-order valence-corrected chi connectivity index (χ0v) is 15.8. The van der Waals surface area contributed by atoms with E-state index in [1.807, 2.05) is 0 Å². The average Bonchev–Trinajstić information content (AvgIpc) is 2.57. The molecule has 0 atom stereocenters. The number of hydrogen-bond donors (Lipinski definition) is 2. The SMILES string of the molecule is CC(=O)Nc1cc(C(=O)NCc2ccc(OCC(C)(C)F)nc2)cc(C)n1. The summed E-state index contributed by atoms with van der Waals surface area (Å²) < 4.78 is 18.7. The number of halogens is 1. The number of hydrogen-bond acceptors (Lipinski definition) is 5. The largest absolute Gasteiger partial charge is 0.474 e. The zero-order chi connectivity index (χ0) is 20.0. The van der Waals surface area contributed by atoms with Crippen molar-refractivity contribution in [2.24, 2.45) is 0 Å². The molecule has 0 bridgehead atoms.